The highest BCUT2D eigenvalue weighted by Crippen LogP contribution is 2.28. The van der Waals surface area contributed by atoms with Gasteiger partial charge < -0.3 is 5.32 Å². The second kappa shape index (κ2) is 8.94. The summed E-state index contributed by atoms with van der Waals surface area (Å²) in [7, 11) is -1.22. The number of halogens is 1. The molecule has 0 bridgehead atoms. The molecule has 2 N–H and O–H groups in total. The predicted molar refractivity (Wildman–Crippen MR) is 117 cm³/mol. The maximum Gasteiger partial charge on any atom is 0.211 e. The molecule has 148 valence electrons. The van der Waals surface area contributed by atoms with E-state index < -0.39 is 10.0 Å². The van der Waals surface area contributed by atoms with Crippen LogP contribution in [0.15, 0.2) is 36.5 Å². The Morgan fingerprint density at radius 3 is 2.79 bits per heavy atom. The topological polar surface area (TPSA) is 88.4 Å². The normalized spacial score (nSPS) is 11.8. The smallest absolute Gasteiger partial charge is 0.211 e. The molecule has 0 amide bonds. The van der Waals surface area contributed by atoms with Gasteiger partial charge >= 0.3 is 0 Å². The molecule has 3 rings (SSSR count). The Morgan fingerprint density at radius 2 is 2.04 bits per heavy atom. The van der Waals surface area contributed by atoms with Gasteiger partial charge in [-0.15, -0.1) is 0 Å². The Bertz CT molecular complexity index is 1070. The van der Waals surface area contributed by atoms with Crippen molar-refractivity contribution in [2.24, 2.45) is 0 Å². The molecule has 2 heterocycles. The molecule has 2 aromatic heterocycles. The number of aromatic nitrogens is 3. The van der Waals surface area contributed by atoms with E-state index in [1.54, 1.807) is 10.7 Å². The Morgan fingerprint density at radius 1 is 1.25 bits per heavy atom. The molecule has 0 spiro atoms. The second-order valence-electron chi connectivity index (χ2n) is 6.56. The monoisotopic (exact) mass is 419 g/mol. The van der Waals surface area contributed by atoms with Crippen LogP contribution in [0.25, 0.3) is 16.9 Å². The molecular weight excluding hydrogens is 397 g/mol. The van der Waals surface area contributed by atoms with Crippen LogP contribution in [-0.4, -0.2) is 49.7 Å². The van der Waals surface area contributed by atoms with Gasteiger partial charge in [0.2, 0.25) is 10.0 Å². The number of anilines is 1. The summed E-state index contributed by atoms with van der Waals surface area (Å²) < 4.78 is 27.8. The third-order valence-corrected chi connectivity index (χ3v) is 6.17. The summed E-state index contributed by atoms with van der Waals surface area (Å²) >= 11 is 6.34. The van der Waals surface area contributed by atoms with E-state index in [1.807, 2.05) is 45.1 Å². The van der Waals surface area contributed by atoms with Crippen LogP contribution >= 0.6 is 11.6 Å². The van der Waals surface area contributed by atoms with Crippen molar-refractivity contribution in [3.8, 4) is 11.3 Å². The van der Waals surface area contributed by atoms with Crippen LogP contribution in [0.5, 0.6) is 0 Å². The highest BCUT2D eigenvalue weighted by molar-refractivity contribution is 7.89. The van der Waals surface area contributed by atoms with E-state index in [2.05, 4.69) is 15.1 Å². The summed E-state index contributed by atoms with van der Waals surface area (Å²) in [5.41, 5.74) is 3.32. The van der Waals surface area contributed by atoms with E-state index in [9.17, 15) is 8.42 Å². The maximum atomic E-state index is 11.7. The summed E-state index contributed by atoms with van der Waals surface area (Å²) in [6.45, 7) is 2.83. The first-order valence-electron chi connectivity index (χ1n) is 9.23. The molecule has 0 aliphatic heterocycles. The number of hydrogen-bond donors (Lipinski definition) is 2. The molecule has 10 heteroatoms. The first kappa shape index (κ1) is 20.6. The minimum atomic E-state index is -3.18. The van der Waals surface area contributed by atoms with Crippen LogP contribution in [-0.2, 0) is 10.0 Å². The van der Waals surface area contributed by atoms with Gasteiger partial charge in [0.05, 0.1) is 11.4 Å². The minimum absolute atomic E-state index is 0.152. The molecule has 0 radical (unpaired) electrons. The van der Waals surface area contributed by atoms with Gasteiger partial charge in [-0.2, -0.15) is 9.61 Å². The lowest BCUT2D eigenvalue weighted by Crippen LogP contribution is -2.28. The molecule has 0 saturated heterocycles. The van der Waals surface area contributed by atoms with Crippen LogP contribution < -0.4 is 15.5 Å². The number of nitrogens with zero attached hydrogens (tertiary/aromatic N) is 3. The summed E-state index contributed by atoms with van der Waals surface area (Å²) in [5, 5.41) is 8.35. The molecule has 0 aliphatic rings. The van der Waals surface area contributed by atoms with Gasteiger partial charge in [0.25, 0.3) is 0 Å². The maximum absolute atomic E-state index is 11.7. The fraction of sp³-hybridized carbons (Fsp3) is 0.333. The zero-order chi connectivity index (χ0) is 20.1. The molecule has 0 unspecified atom stereocenters. The van der Waals surface area contributed by atoms with Gasteiger partial charge in [0, 0.05) is 35.9 Å². The fourth-order valence-electron chi connectivity index (χ4n) is 2.88. The molecule has 0 aliphatic carbocycles. The molecule has 0 atom stereocenters. The van der Waals surface area contributed by atoms with Crippen molar-refractivity contribution < 1.29 is 8.42 Å². The average Bonchev–Trinajstić information content (AvgIpc) is 3.03. The molecule has 0 fully saturated rings. The fourth-order valence-corrected chi connectivity index (χ4v) is 4.25. The van der Waals surface area contributed by atoms with E-state index in [0.717, 1.165) is 28.2 Å². The summed E-state index contributed by atoms with van der Waals surface area (Å²) in [6, 6.07) is 9.47. The summed E-state index contributed by atoms with van der Waals surface area (Å²) in [6.07, 6.45) is 3.02. The second-order valence-corrected chi connectivity index (χ2v) is 8.90. The number of nitrogens with one attached hydrogen (secondary N) is 2. The third kappa shape index (κ3) is 4.84. The molecule has 0 saturated carbocycles. The Balaban J connectivity index is 1.76. The third-order valence-electron chi connectivity index (χ3n) is 4.25. The van der Waals surface area contributed by atoms with Crippen LogP contribution in [0.4, 0.5) is 5.82 Å². The van der Waals surface area contributed by atoms with Crippen LogP contribution in [0, 0.1) is 0 Å². The van der Waals surface area contributed by atoms with Gasteiger partial charge in [-0.25, -0.2) is 18.1 Å². The van der Waals surface area contributed by atoms with E-state index in [-0.39, 0.29) is 5.75 Å². The summed E-state index contributed by atoms with van der Waals surface area (Å²) in [4.78, 5) is 4.71. The predicted octanol–water partition coefficient (Wildman–Crippen LogP) is 1.44. The van der Waals surface area contributed by atoms with Crippen molar-refractivity contribution in [3.05, 3.63) is 41.6 Å². The van der Waals surface area contributed by atoms with Crippen molar-refractivity contribution in [1.82, 2.24) is 19.3 Å². The largest absolute Gasteiger partial charge is 0.370 e. The van der Waals surface area contributed by atoms with Crippen molar-refractivity contribution in [1.29, 1.82) is 0 Å². The zero-order valence-corrected chi connectivity index (χ0v) is 17.5. The Labute approximate surface area is 171 Å². The number of hydrogen-bond acceptors (Lipinski definition) is 5. The first-order chi connectivity index (χ1) is 13.4. The number of fused-ring (bicyclic) bond motifs is 1. The Hall–Kier alpha value is -2.10. The van der Waals surface area contributed by atoms with Gasteiger partial charge in [-0.3, -0.25) is 0 Å². The number of rotatable bonds is 9. The number of benzene rings is 1. The SMILES string of the molecule is Bc1cnn2c(NCCCNS(=O)(=O)CCC)cc(-c3ccccc3Cl)nc12. The van der Waals surface area contributed by atoms with Crippen molar-refractivity contribution in [3.63, 3.8) is 0 Å². The van der Waals surface area contributed by atoms with E-state index in [4.69, 9.17) is 16.6 Å². The Kier molecular flexibility index (Phi) is 6.59. The van der Waals surface area contributed by atoms with Crippen molar-refractivity contribution in [2.45, 2.75) is 19.8 Å². The van der Waals surface area contributed by atoms with E-state index in [0.29, 0.717) is 31.0 Å². The lowest BCUT2D eigenvalue weighted by atomic mass is 10.0. The zero-order valence-electron chi connectivity index (χ0n) is 15.9. The lowest BCUT2D eigenvalue weighted by Gasteiger charge is -2.12. The van der Waals surface area contributed by atoms with Gasteiger partial charge in [-0.05, 0) is 24.4 Å². The van der Waals surface area contributed by atoms with Crippen molar-refractivity contribution in [2.75, 3.05) is 24.2 Å². The molecule has 7 nitrogen and oxygen atoms in total. The van der Waals surface area contributed by atoms with Gasteiger partial charge in [-0.1, -0.05) is 36.7 Å². The molecule has 1 aromatic carbocycles. The van der Waals surface area contributed by atoms with Gasteiger partial charge in [0.1, 0.15) is 13.7 Å². The highest BCUT2D eigenvalue weighted by Gasteiger charge is 2.12. The highest BCUT2D eigenvalue weighted by atomic mass is 35.5. The molecule has 3 aromatic rings. The lowest BCUT2D eigenvalue weighted by molar-refractivity contribution is 0.578. The standard InChI is InChI=1S/C18H23BClN5O2S/c1-2-10-28(26,27)23-9-5-8-21-17-11-16(13-6-3-4-7-15(13)20)24-18-14(19)12-22-25(17)18/h3-4,6-7,11-12,21,23H,2,5,8-10,19H2,1H3. The average molecular weight is 420 g/mol. The molecule has 28 heavy (non-hydrogen) atoms. The van der Waals surface area contributed by atoms with E-state index in [1.165, 1.54) is 0 Å². The quantitative estimate of drug-likeness (QED) is 0.405. The summed E-state index contributed by atoms with van der Waals surface area (Å²) in [5.74, 6) is 0.934. The number of sulfonamides is 1. The van der Waals surface area contributed by atoms with Crippen LogP contribution in [0.3, 0.4) is 0 Å². The van der Waals surface area contributed by atoms with Gasteiger partial charge in [0.15, 0.2) is 5.65 Å². The van der Waals surface area contributed by atoms with Crippen LogP contribution in [0.2, 0.25) is 5.02 Å². The van der Waals surface area contributed by atoms with Crippen molar-refractivity contribution >= 4 is 46.4 Å². The van der Waals surface area contributed by atoms with E-state index >= 15 is 0 Å². The molecular formula is C18H23BClN5O2S. The first-order valence-corrected chi connectivity index (χ1v) is 11.3. The van der Waals surface area contributed by atoms with Crippen LogP contribution in [0.1, 0.15) is 19.8 Å². The minimum Gasteiger partial charge on any atom is -0.370 e.